The lowest BCUT2D eigenvalue weighted by Crippen LogP contribution is -2.40. The molecule has 0 aliphatic carbocycles. The molecule has 108 valence electrons. The molecule has 0 radical (unpaired) electrons. The molecule has 0 aliphatic rings. The number of nitrogens with one attached hydrogen (secondary N) is 2. The molecule has 0 spiro atoms. The maximum absolute atomic E-state index is 12.1. The van der Waals surface area contributed by atoms with E-state index >= 15 is 0 Å². The highest BCUT2D eigenvalue weighted by atomic mass is 32.1. The lowest BCUT2D eigenvalue weighted by atomic mass is 10.1. The van der Waals surface area contributed by atoms with Crippen LogP contribution >= 0.6 is 11.3 Å². The number of rotatable bonds is 5. The van der Waals surface area contributed by atoms with Gasteiger partial charge in [0.2, 0.25) is 5.91 Å². The number of hydrogen-bond acceptors (Lipinski definition) is 4. The van der Waals surface area contributed by atoms with Gasteiger partial charge in [0.05, 0.1) is 5.52 Å². The first-order valence-electron chi connectivity index (χ1n) is 6.46. The van der Waals surface area contributed by atoms with E-state index in [0.29, 0.717) is 22.7 Å². The van der Waals surface area contributed by atoms with Gasteiger partial charge >= 0.3 is 5.69 Å². The highest BCUT2D eigenvalue weighted by Crippen LogP contribution is 2.11. The van der Waals surface area contributed by atoms with Crippen molar-refractivity contribution >= 4 is 27.5 Å². The first kappa shape index (κ1) is 14.5. The average Bonchev–Trinajstić information content (AvgIpc) is 2.82. The van der Waals surface area contributed by atoms with Gasteiger partial charge in [0.25, 0.3) is 5.56 Å². The Balaban J connectivity index is 2.15. The zero-order valence-corrected chi connectivity index (χ0v) is 12.3. The van der Waals surface area contributed by atoms with Gasteiger partial charge in [0, 0.05) is 6.54 Å². The Morgan fingerprint density at radius 3 is 2.90 bits per heavy atom. The fourth-order valence-corrected chi connectivity index (χ4v) is 2.61. The van der Waals surface area contributed by atoms with E-state index in [-0.39, 0.29) is 12.5 Å². The van der Waals surface area contributed by atoms with Crippen molar-refractivity contribution < 1.29 is 4.79 Å². The van der Waals surface area contributed by atoms with Gasteiger partial charge in [-0.05, 0) is 23.8 Å². The van der Waals surface area contributed by atoms with E-state index in [1.54, 1.807) is 11.4 Å². The molecule has 20 heavy (non-hydrogen) atoms. The minimum absolute atomic E-state index is 0.250. The predicted molar refractivity (Wildman–Crippen MR) is 79.2 cm³/mol. The molecule has 0 unspecified atom stereocenters. The topological polar surface area (TPSA) is 84.0 Å². The van der Waals surface area contributed by atoms with Crippen molar-refractivity contribution in [1.29, 1.82) is 0 Å². The Bertz CT molecular complexity index is 726. The van der Waals surface area contributed by atoms with Crippen molar-refractivity contribution in [3.05, 3.63) is 32.3 Å². The fraction of sp³-hybridized carbons (Fsp3) is 0.462. The molecule has 2 N–H and O–H groups in total. The molecule has 0 atom stereocenters. The number of nitrogens with zero attached hydrogens (tertiary/aromatic N) is 1. The number of aromatic nitrogens is 2. The Morgan fingerprint density at radius 2 is 2.20 bits per heavy atom. The summed E-state index contributed by atoms with van der Waals surface area (Å²) >= 11 is 1.25. The normalized spacial score (nSPS) is 11.2. The molecule has 2 rings (SSSR count). The van der Waals surface area contributed by atoms with Crippen molar-refractivity contribution in [1.82, 2.24) is 14.9 Å². The smallest absolute Gasteiger partial charge is 0.329 e. The second-order valence-corrected chi connectivity index (χ2v) is 5.93. The molecule has 0 aromatic carbocycles. The van der Waals surface area contributed by atoms with Gasteiger partial charge in [-0.2, -0.15) is 0 Å². The first-order valence-corrected chi connectivity index (χ1v) is 7.34. The highest BCUT2D eigenvalue weighted by molar-refractivity contribution is 7.17. The van der Waals surface area contributed by atoms with Crippen LogP contribution in [0, 0.1) is 5.92 Å². The summed E-state index contributed by atoms with van der Waals surface area (Å²) in [7, 11) is 0. The summed E-state index contributed by atoms with van der Waals surface area (Å²) in [6, 6.07) is 1.68. The van der Waals surface area contributed by atoms with Crippen LogP contribution in [0.15, 0.2) is 21.0 Å². The summed E-state index contributed by atoms with van der Waals surface area (Å²) in [5, 5.41) is 4.44. The minimum atomic E-state index is -0.556. The largest absolute Gasteiger partial charge is 0.355 e. The van der Waals surface area contributed by atoms with Gasteiger partial charge in [-0.1, -0.05) is 13.8 Å². The first-order chi connectivity index (χ1) is 9.49. The van der Waals surface area contributed by atoms with E-state index in [1.165, 1.54) is 11.3 Å². The van der Waals surface area contributed by atoms with Crippen LogP contribution in [0.2, 0.25) is 0 Å². The quantitative estimate of drug-likeness (QED) is 0.860. The Morgan fingerprint density at radius 1 is 1.45 bits per heavy atom. The van der Waals surface area contributed by atoms with Crippen LogP contribution in [0.1, 0.15) is 20.3 Å². The molecule has 6 nitrogen and oxygen atoms in total. The van der Waals surface area contributed by atoms with E-state index in [1.807, 2.05) is 0 Å². The molecule has 0 aliphatic heterocycles. The van der Waals surface area contributed by atoms with Gasteiger partial charge in [0.15, 0.2) is 0 Å². The molecule has 0 saturated carbocycles. The van der Waals surface area contributed by atoms with Crippen LogP contribution in [0.25, 0.3) is 10.2 Å². The summed E-state index contributed by atoms with van der Waals surface area (Å²) in [5.74, 6) is 0.165. The third kappa shape index (κ3) is 3.16. The SMILES string of the molecule is CC(C)CCNC(=O)Cn1c(=O)[nH]c2ccsc2c1=O. The summed E-state index contributed by atoms with van der Waals surface area (Å²) in [5.41, 5.74) is -0.459. The molecular weight excluding hydrogens is 278 g/mol. The second-order valence-electron chi connectivity index (χ2n) is 5.02. The molecule has 7 heteroatoms. The zero-order chi connectivity index (χ0) is 14.7. The molecule has 2 aromatic rings. The number of fused-ring (bicyclic) bond motifs is 1. The number of carbonyl (C=O) groups is 1. The average molecular weight is 295 g/mol. The molecule has 2 heterocycles. The van der Waals surface area contributed by atoms with Crippen LogP contribution < -0.4 is 16.6 Å². The minimum Gasteiger partial charge on any atom is -0.355 e. The van der Waals surface area contributed by atoms with Crippen LogP contribution in [0.3, 0.4) is 0 Å². The van der Waals surface area contributed by atoms with E-state index in [2.05, 4.69) is 24.1 Å². The highest BCUT2D eigenvalue weighted by Gasteiger charge is 2.11. The van der Waals surface area contributed by atoms with Crippen LogP contribution in [-0.2, 0) is 11.3 Å². The number of thiophene rings is 1. The van der Waals surface area contributed by atoms with Gasteiger partial charge in [-0.3, -0.25) is 9.59 Å². The van der Waals surface area contributed by atoms with E-state index < -0.39 is 11.2 Å². The molecule has 0 fully saturated rings. The number of amides is 1. The maximum atomic E-state index is 12.1. The summed E-state index contributed by atoms with van der Waals surface area (Å²) in [6.07, 6.45) is 0.862. The monoisotopic (exact) mass is 295 g/mol. The summed E-state index contributed by atoms with van der Waals surface area (Å²) < 4.78 is 1.39. The molecule has 1 amide bonds. The Hall–Kier alpha value is -1.89. The summed E-state index contributed by atoms with van der Waals surface area (Å²) in [6.45, 7) is 4.42. The second kappa shape index (κ2) is 6.04. The standard InChI is InChI=1S/C13H17N3O3S/c1-8(2)3-5-14-10(17)7-16-12(18)11-9(4-6-20-11)15-13(16)19/h4,6,8H,3,5,7H2,1-2H3,(H,14,17)(H,15,19). The fourth-order valence-electron chi connectivity index (χ4n) is 1.81. The van der Waals surface area contributed by atoms with Crippen molar-refractivity contribution in [2.75, 3.05) is 6.54 Å². The van der Waals surface area contributed by atoms with Crippen molar-refractivity contribution in [2.45, 2.75) is 26.8 Å². The lowest BCUT2D eigenvalue weighted by Gasteiger charge is -2.08. The van der Waals surface area contributed by atoms with Gasteiger partial charge in [-0.15, -0.1) is 11.3 Å². The maximum Gasteiger partial charge on any atom is 0.329 e. The van der Waals surface area contributed by atoms with Crippen LogP contribution in [-0.4, -0.2) is 22.0 Å². The number of aromatic amines is 1. The molecule has 2 aromatic heterocycles. The lowest BCUT2D eigenvalue weighted by molar-refractivity contribution is -0.121. The van der Waals surface area contributed by atoms with E-state index in [0.717, 1.165) is 11.0 Å². The number of carbonyl (C=O) groups excluding carboxylic acids is 1. The number of hydrogen-bond donors (Lipinski definition) is 2. The van der Waals surface area contributed by atoms with Gasteiger partial charge in [-0.25, -0.2) is 9.36 Å². The molecule has 0 saturated heterocycles. The van der Waals surface area contributed by atoms with Gasteiger partial charge < -0.3 is 10.3 Å². The van der Waals surface area contributed by atoms with E-state index in [9.17, 15) is 14.4 Å². The third-order valence-corrected chi connectivity index (χ3v) is 3.84. The number of H-pyrrole nitrogens is 1. The Kier molecular flexibility index (Phi) is 4.39. The summed E-state index contributed by atoms with van der Waals surface area (Å²) in [4.78, 5) is 38.3. The predicted octanol–water partition coefficient (Wildman–Crippen LogP) is 0.914. The molecule has 0 bridgehead atoms. The van der Waals surface area contributed by atoms with Crippen molar-refractivity contribution in [3.63, 3.8) is 0 Å². The van der Waals surface area contributed by atoms with Gasteiger partial charge in [0.1, 0.15) is 11.2 Å². The van der Waals surface area contributed by atoms with E-state index in [4.69, 9.17) is 0 Å². The van der Waals surface area contributed by atoms with Crippen LogP contribution in [0.5, 0.6) is 0 Å². The van der Waals surface area contributed by atoms with Crippen molar-refractivity contribution in [3.8, 4) is 0 Å². The zero-order valence-electron chi connectivity index (χ0n) is 11.4. The Labute approximate surface area is 119 Å². The molecular formula is C13H17N3O3S. The van der Waals surface area contributed by atoms with Crippen LogP contribution in [0.4, 0.5) is 0 Å². The van der Waals surface area contributed by atoms with Crippen molar-refractivity contribution in [2.24, 2.45) is 5.92 Å². The third-order valence-electron chi connectivity index (χ3n) is 2.94.